The van der Waals surface area contributed by atoms with Gasteiger partial charge in [-0.25, -0.2) is 9.97 Å². The van der Waals surface area contributed by atoms with Crippen molar-refractivity contribution < 1.29 is 4.79 Å². The lowest BCUT2D eigenvalue weighted by atomic mass is 10.2. The van der Waals surface area contributed by atoms with E-state index in [0.29, 0.717) is 17.1 Å². The third-order valence-electron chi connectivity index (χ3n) is 3.25. The molecule has 0 aliphatic rings. The van der Waals surface area contributed by atoms with E-state index in [-0.39, 0.29) is 5.69 Å². The summed E-state index contributed by atoms with van der Waals surface area (Å²) in [6, 6.07) is 16.3. The molecule has 3 rings (SSSR count). The SMILES string of the molecule is N#Cc1cccc(NC(=O)c2cnc(Nc3ccc(Br)cc3)cn2)c1. The quantitative estimate of drug-likeness (QED) is 0.695. The van der Waals surface area contributed by atoms with Crippen LogP contribution in [-0.4, -0.2) is 15.9 Å². The van der Waals surface area contributed by atoms with Gasteiger partial charge in [-0.2, -0.15) is 5.26 Å². The summed E-state index contributed by atoms with van der Waals surface area (Å²) in [6.07, 6.45) is 2.88. The lowest BCUT2D eigenvalue weighted by molar-refractivity contribution is 0.102. The molecule has 0 saturated heterocycles. The molecule has 2 N–H and O–H groups in total. The average molecular weight is 394 g/mol. The van der Waals surface area contributed by atoms with Gasteiger partial charge in [-0.15, -0.1) is 0 Å². The van der Waals surface area contributed by atoms with Crippen LogP contribution in [0.2, 0.25) is 0 Å². The molecule has 3 aromatic rings. The standard InChI is InChI=1S/C18H12BrN5O/c19-13-4-6-14(7-5-13)23-17-11-21-16(10-22-17)18(25)24-15-3-1-2-12(8-15)9-20/h1-8,10-11H,(H,22,23)(H,24,25). The van der Waals surface area contributed by atoms with Crippen LogP contribution in [0.15, 0.2) is 65.4 Å². The van der Waals surface area contributed by atoms with Gasteiger partial charge < -0.3 is 10.6 Å². The normalized spacial score (nSPS) is 9.92. The van der Waals surface area contributed by atoms with Crippen LogP contribution in [0.3, 0.4) is 0 Å². The number of nitriles is 1. The van der Waals surface area contributed by atoms with Gasteiger partial charge in [0.1, 0.15) is 11.5 Å². The number of nitrogens with zero attached hydrogens (tertiary/aromatic N) is 3. The predicted molar refractivity (Wildman–Crippen MR) is 98.6 cm³/mol. The van der Waals surface area contributed by atoms with Crippen LogP contribution in [0, 0.1) is 11.3 Å². The Kier molecular flexibility index (Phi) is 5.02. The molecule has 0 spiro atoms. The fraction of sp³-hybridized carbons (Fsp3) is 0. The molecule has 0 aliphatic carbocycles. The van der Waals surface area contributed by atoms with Gasteiger partial charge in [0.2, 0.25) is 0 Å². The Balaban J connectivity index is 1.68. The molecule has 1 aromatic heterocycles. The van der Waals surface area contributed by atoms with Crippen LogP contribution in [0.1, 0.15) is 16.1 Å². The molecule has 0 aliphatic heterocycles. The average Bonchev–Trinajstić information content (AvgIpc) is 2.64. The van der Waals surface area contributed by atoms with Gasteiger partial charge in [-0.3, -0.25) is 4.79 Å². The summed E-state index contributed by atoms with van der Waals surface area (Å²) in [7, 11) is 0. The number of carbonyl (C=O) groups is 1. The lowest BCUT2D eigenvalue weighted by Gasteiger charge is -2.07. The Bertz CT molecular complexity index is 933. The van der Waals surface area contributed by atoms with Crippen molar-refractivity contribution in [2.75, 3.05) is 10.6 Å². The predicted octanol–water partition coefficient (Wildman–Crippen LogP) is 4.11. The van der Waals surface area contributed by atoms with Gasteiger partial charge >= 0.3 is 0 Å². The fourth-order valence-electron chi connectivity index (χ4n) is 2.05. The highest BCUT2D eigenvalue weighted by Crippen LogP contribution is 2.17. The first-order valence-electron chi connectivity index (χ1n) is 7.30. The van der Waals surface area contributed by atoms with Crippen LogP contribution in [0.5, 0.6) is 0 Å². The van der Waals surface area contributed by atoms with E-state index in [1.54, 1.807) is 24.3 Å². The zero-order valence-electron chi connectivity index (χ0n) is 12.9. The Morgan fingerprint density at radius 3 is 2.52 bits per heavy atom. The first kappa shape index (κ1) is 16.6. The molecular weight excluding hydrogens is 382 g/mol. The molecular formula is C18H12BrN5O. The third-order valence-corrected chi connectivity index (χ3v) is 3.78. The number of aromatic nitrogens is 2. The summed E-state index contributed by atoms with van der Waals surface area (Å²) >= 11 is 3.37. The number of hydrogen-bond acceptors (Lipinski definition) is 5. The molecule has 0 saturated carbocycles. The highest BCUT2D eigenvalue weighted by molar-refractivity contribution is 9.10. The van der Waals surface area contributed by atoms with Gasteiger partial charge in [0, 0.05) is 15.8 Å². The van der Waals surface area contributed by atoms with Gasteiger partial charge in [0.25, 0.3) is 5.91 Å². The Morgan fingerprint density at radius 1 is 1.04 bits per heavy atom. The van der Waals surface area contributed by atoms with Crippen molar-refractivity contribution in [1.82, 2.24) is 9.97 Å². The highest BCUT2D eigenvalue weighted by atomic mass is 79.9. The number of nitrogens with one attached hydrogen (secondary N) is 2. The summed E-state index contributed by atoms with van der Waals surface area (Å²) in [5, 5.41) is 14.7. The number of carbonyl (C=O) groups excluding carboxylic acids is 1. The van der Waals surface area contributed by atoms with Crippen LogP contribution in [0.4, 0.5) is 17.2 Å². The van der Waals surface area contributed by atoms with Crippen LogP contribution in [0.25, 0.3) is 0 Å². The number of hydrogen-bond donors (Lipinski definition) is 2. The molecule has 2 aromatic carbocycles. The second-order valence-electron chi connectivity index (χ2n) is 5.07. The number of amides is 1. The van der Waals surface area contributed by atoms with Gasteiger partial charge in [0.15, 0.2) is 0 Å². The molecule has 25 heavy (non-hydrogen) atoms. The Labute approximate surface area is 152 Å². The molecule has 6 nitrogen and oxygen atoms in total. The third kappa shape index (κ3) is 4.40. The van der Waals surface area contributed by atoms with Crippen molar-refractivity contribution in [1.29, 1.82) is 5.26 Å². The monoisotopic (exact) mass is 393 g/mol. The van der Waals surface area contributed by atoms with E-state index in [2.05, 4.69) is 36.5 Å². The van der Waals surface area contributed by atoms with Gasteiger partial charge in [-0.05, 0) is 42.5 Å². The topological polar surface area (TPSA) is 90.7 Å². The van der Waals surface area contributed by atoms with E-state index in [4.69, 9.17) is 5.26 Å². The second-order valence-corrected chi connectivity index (χ2v) is 5.98. The highest BCUT2D eigenvalue weighted by Gasteiger charge is 2.09. The Hall–Kier alpha value is -3.24. The van der Waals surface area contributed by atoms with Gasteiger partial charge in [-0.1, -0.05) is 22.0 Å². The number of halogens is 1. The first-order valence-corrected chi connectivity index (χ1v) is 8.09. The lowest BCUT2D eigenvalue weighted by Crippen LogP contribution is -2.14. The fourth-order valence-corrected chi connectivity index (χ4v) is 2.32. The molecule has 0 atom stereocenters. The summed E-state index contributed by atoms with van der Waals surface area (Å²) < 4.78 is 0.983. The maximum atomic E-state index is 12.2. The second kappa shape index (κ2) is 7.55. The zero-order valence-corrected chi connectivity index (χ0v) is 14.5. The van der Waals surface area contributed by atoms with Crippen molar-refractivity contribution in [2.24, 2.45) is 0 Å². The van der Waals surface area contributed by atoms with Crippen molar-refractivity contribution in [3.8, 4) is 6.07 Å². The molecule has 0 unspecified atom stereocenters. The van der Waals surface area contributed by atoms with E-state index < -0.39 is 5.91 Å². The molecule has 122 valence electrons. The van der Waals surface area contributed by atoms with Crippen LogP contribution in [-0.2, 0) is 0 Å². The van der Waals surface area contributed by atoms with Crippen molar-refractivity contribution in [3.63, 3.8) is 0 Å². The maximum absolute atomic E-state index is 12.2. The van der Waals surface area contributed by atoms with Crippen molar-refractivity contribution in [2.45, 2.75) is 0 Å². The van der Waals surface area contributed by atoms with Crippen LogP contribution >= 0.6 is 15.9 Å². The minimum atomic E-state index is -0.391. The number of benzene rings is 2. The van der Waals surface area contributed by atoms with Crippen molar-refractivity contribution >= 4 is 39.0 Å². The molecule has 0 fully saturated rings. The van der Waals surface area contributed by atoms with Crippen LogP contribution < -0.4 is 10.6 Å². The van der Waals surface area contributed by atoms with E-state index in [9.17, 15) is 4.79 Å². The first-order chi connectivity index (χ1) is 12.1. The molecule has 1 amide bonds. The summed E-state index contributed by atoms with van der Waals surface area (Å²) in [5.41, 5.74) is 2.05. The minimum Gasteiger partial charge on any atom is -0.339 e. The summed E-state index contributed by atoms with van der Waals surface area (Å²) in [6.45, 7) is 0. The van der Waals surface area contributed by atoms with Gasteiger partial charge in [0.05, 0.1) is 24.0 Å². The smallest absolute Gasteiger partial charge is 0.275 e. The number of rotatable bonds is 4. The molecule has 7 heteroatoms. The van der Waals surface area contributed by atoms with E-state index in [1.165, 1.54) is 12.4 Å². The summed E-state index contributed by atoms with van der Waals surface area (Å²) in [5.74, 6) is 0.142. The molecule has 0 radical (unpaired) electrons. The summed E-state index contributed by atoms with van der Waals surface area (Å²) in [4.78, 5) is 20.5. The maximum Gasteiger partial charge on any atom is 0.275 e. The molecule has 1 heterocycles. The van der Waals surface area contributed by atoms with Crippen molar-refractivity contribution in [3.05, 3.63) is 76.7 Å². The number of anilines is 3. The minimum absolute atomic E-state index is 0.184. The van der Waals surface area contributed by atoms with E-state index in [1.807, 2.05) is 30.3 Å². The van der Waals surface area contributed by atoms with E-state index >= 15 is 0 Å². The Morgan fingerprint density at radius 2 is 1.84 bits per heavy atom. The molecule has 0 bridgehead atoms. The largest absolute Gasteiger partial charge is 0.339 e. The zero-order chi connectivity index (χ0) is 17.6. The van der Waals surface area contributed by atoms with E-state index in [0.717, 1.165) is 10.2 Å².